The monoisotopic (exact) mass is 1130 g/mol. The molecule has 422 valence electrons. The first-order chi connectivity index (χ1) is 38.2. The van der Waals surface area contributed by atoms with Gasteiger partial charge in [-0.1, -0.05) is 74.9 Å². The molecule has 5 heterocycles. The molecular weight excluding hydrogens is 1070 g/mol. The molecule has 4 aliphatic heterocycles. The van der Waals surface area contributed by atoms with Crippen LogP contribution in [-0.4, -0.2) is 127 Å². The standard InChI is InChI=1S/C57H65N8O13PS/c1-3-4-17-42(60-53(71)46-30-38-29-37(18-21-45(38)80-46)57(75)79(76,77)78)55(73)64-31-33(2)28-44(64)52(70)59-41(19-22-47(58)66)50(68)62-49(36-13-6-5-7-14-36)56(74)63-26-24-34(25-27-63)11-8-9-12-35-15-10-16-39-40(35)32-65(54(39)72)43-20-23-48(67)61-51(43)69/h5-7,10,13-16,18,21,29-30,33-34,41-44,49H,3-4,8,11,17,19-20,22-28,31-32H2,1-2H3,(H2,58,66)(H,59,70)(H,60,71)(H,62,68)(H,61,67,69)(H2,76,77,78)/t33-,41-,42-,43?,44-,49-/m0/s1. The van der Waals surface area contributed by atoms with Gasteiger partial charge in [0.15, 0.2) is 0 Å². The summed E-state index contributed by atoms with van der Waals surface area (Å²) in [6, 6.07) is 14.1. The number of hydrogen-bond acceptors (Lipinski definition) is 12. The highest BCUT2D eigenvalue weighted by molar-refractivity contribution is 7.70. The van der Waals surface area contributed by atoms with Crippen molar-refractivity contribution in [1.29, 1.82) is 0 Å². The number of piperidine rings is 2. The van der Waals surface area contributed by atoms with E-state index in [4.69, 9.17) is 5.73 Å². The summed E-state index contributed by atoms with van der Waals surface area (Å²) >= 11 is 1.06. The van der Waals surface area contributed by atoms with E-state index in [1.54, 1.807) is 47.4 Å². The lowest BCUT2D eigenvalue weighted by atomic mass is 9.91. The predicted molar refractivity (Wildman–Crippen MR) is 294 cm³/mol. The maximum atomic E-state index is 14.5. The van der Waals surface area contributed by atoms with Gasteiger partial charge in [0.1, 0.15) is 30.2 Å². The first-order valence-corrected chi connectivity index (χ1v) is 29.4. The van der Waals surface area contributed by atoms with Gasteiger partial charge in [0.05, 0.1) is 4.88 Å². The summed E-state index contributed by atoms with van der Waals surface area (Å²) in [5.41, 5.74) is 6.40. The van der Waals surface area contributed by atoms with Crippen LogP contribution < -0.4 is 27.0 Å². The number of thiophene rings is 1. The van der Waals surface area contributed by atoms with Crippen LogP contribution in [0.5, 0.6) is 0 Å². The molecule has 23 heteroatoms. The van der Waals surface area contributed by atoms with E-state index >= 15 is 0 Å². The number of carbonyl (C=O) groups is 10. The van der Waals surface area contributed by atoms with E-state index in [1.807, 2.05) is 19.9 Å². The van der Waals surface area contributed by atoms with E-state index in [2.05, 4.69) is 33.1 Å². The predicted octanol–water partition coefficient (Wildman–Crippen LogP) is 4.18. The zero-order valence-corrected chi connectivity index (χ0v) is 46.2. The number of carbonyl (C=O) groups excluding carboxylic acids is 10. The minimum absolute atomic E-state index is 0.160. The highest BCUT2D eigenvalue weighted by Gasteiger charge is 2.43. The number of imide groups is 1. The second-order valence-corrected chi connectivity index (χ2v) is 23.6. The number of amides is 9. The maximum Gasteiger partial charge on any atom is 0.396 e. The van der Waals surface area contributed by atoms with Gasteiger partial charge in [0.25, 0.3) is 17.3 Å². The summed E-state index contributed by atoms with van der Waals surface area (Å²) in [4.78, 5) is 157. The van der Waals surface area contributed by atoms with E-state index in [0.717, 1.165) is 23.3 Å². The van der Waals surface area contributed by atoms with Crippen molar-refractivity contribution in [1.82, 2.24) is 36.0 Å². The summed E-state index contributed by atoms with van der Waals surface area (Å²) in [6.07, 6.45) is 4.27. The second-order valence-electron chi connectivity index (χ2n) is 21.0. The summed E-state index contributed by atoms with van der Waals surface area (Å²) < 4.78 is 12.2. The van der Waals surface area contributed by atoms with Gasteiger partial charge in [-0.25, -0.2) is 0 Å². The number of likely N-dealkylation sites (tertiary alicyclic amines) is 2. The molecule has 3 aromatic carbocycles. The lowest BCUT2D eigenvalue weighted by molar-refractivity contribution is -0.141. The van der Waals surface area contributed by atoms with Gasteiger partial charge in [-0.3, -0.25) is 57.8 Å². The maximum absolute atomic E-state index is 14.5. The van der Waals surface area contributed by atoms with E-state index < -0.39 is 78.8 Å². The Kier molecular flexibility index (Phi) is 18.8. The Morgan fingerprint density at radius 3 is 2.34 bits per heavy atom. The van der Waals surface area contributed by atoms with Crippen molar-refractivity contribution in [3.8, 4) is 11.8 Å². The number of benzene rings is 3. The van der Waals surface area contributed by atoms with E-state index in [0.29, 0.717) is 72.0 Å². The van der Waals surface area contributed by atoms with E-state index in [9.17, 15) is 62.3 Å². The number of rotatable bonds is 20. The molecule has 3 saturated heterocycles. The van der Waals surface area contributed by atoms with Crippen LogP contribution >= 0.6 is 18.9 Å². The molecule has 9 amide bonds. The molecule has 4 aromatic rings. The number of unbranched alkanes of at least 4 members (excludes halogenated alkanes) is 1. The molecule has 3 fully saturated rings. The summed E-state index contributed by atoms with van der Waals surface area (Å²) in [5, 5.41) is 11.2. The lowest BCUT2D eigenvalue weighted by Gasteiger charge is -2.35. The summed E-state index contributed by atoms with van der Waals surface area (Å²) in [7, 11) is -5.06. The van der Waals surface area contributed by atoms with Crippen LogP contribution in [0, 0.1) is 23.7 Å². The van der Waals surface area contributed by atoms with Gasteiger partial charge < -0.3 is 46.2 Å². The van der Waals surface area contributed by atoms with Crippen LogP contribution in [0.2, 0.25) is 0 Å². The minimum atomic E-state index is -5.06. The molecule has 8 rings (SSSR count). The van der Waals surface area contributed by atoms with Crippen molar-refractivity contribution in [3.05, 3.63) is 105 Å². The van der Waals surface area contributed by atoms with Crippen molar-refractivity contribution < 1.29 is 62.3 Å². The fourth-order valence-electron chi connectivity index (χ4n) is 10.9. The van der Waals surface area contributed by atoms with Crippen molar-refractivity contribution in [2.24, 2.45) is 17.6 Å². The molecule has 0 saturated carbocycles. The number of nitrogens with zero attached hydrogens (tertiary/aromatic N) is 3. The van der Waals surface area contributed by atoms with Crippen LogP contribution in [0.3, 0.4) is 0 Å². The average molecular weight is 1130 g/mol. The van der Waals surface area contributed by atoms with Crippen LogP contribution in [0.15, 0.2) is 72.8 Å². The number of nitrogens with two attached hydrogens (primary N) is 1. The normalized spacial score (nSPS) is 19.5. The van der Waals surface area contributed by atoms with E-state index in [1.165, 1.54) is 34.1 Å². The van der Waals surface area contributed by atoms with Crippen molar-refractivity contribution in [2.45, 2.75) is 128 Å². The van der Waals surface area contributed by atoms with E-state index in [-0.39, 0.29) is 91.6 Å². The SMILES string of the molecule is CCCC[C@H](NC(=O)c1cc2cc(C(=O)P(=O)(O)O)ccc2s1)C(=O)N1C[C@@H](C)C[C@H]1C(=O)N[C@@H](CCC(N)=O)C(=O)N[C@H](C(=O)N1CCC(CCC#Cc2cccc3c2CN(C2CCC(=O)NC2=O)C3=O)CC1)c1ccccc1. The van der Waals surface area contributed by atoms with Crippen molar-refractivity contribution in [3.63, 3.8) is 0 Å². The molecule has 1 aromatic heterocycles. The highest BCUT2D eigenvalue weighted by Crippen LogP contribution is 2.40. The third-order valence-corrected chi connectivity index (χ3v) is 17.1. The Bertz CT molecular complexity index is 3220. The molecule has 0 aliphatic carbocycles. The Morgan fingerprint density at radius 1 is 0.887 bits per heavy atom. The molecule has 21 nitrogen and oxygen atoms in total. The third kappa shape index (κ3) is 13.9. The van der Waals surface area contributed by atoms with Crippen LogP contribution in [0.4, 0.5) is 0 Å². The van der Waals surface area contributed by atoms with Crippen molar-refractivity contribution >= 4 is 87.7 Å². The molecule has 8 N–H and O–H groups in total. The quantitative estimate of drug-likeness (QED) is 0.0372. The third-order valence-electron chi connectivity index (χ3n) is 15.2. The average Bonchev–Trinajstić information content (AvgIpc) is 4.16. The van der Waals surface area contributed by atoms with Crippen molar-refractivity contribution in [2.75, 3.05) is 19.6 Å². The Labute approximate surface area is 466 Å². The zero-order valence-electron chi connectivity index (χ0n) is 44.4. The van der Waals surface area contributed by atoms with Gasteiger partial charge in [-0.2, -0.15) is 0 Å². The summed E-state index contributed by atoms with van der Waals surface area (Å²) in [5.74, 6) is 1.82. The zero-order chi connectivity index (χ0) is 57.4. The van der Waals surface area contributed by atoms with Crippen LogP contribution in [-0.2, 0) is 44.7 Å². The minimum Gasteiger partial charge on any atom is -0.370 e. The molecular formula is C57H65N8O13PS. The van der Waals surface area contributed by atoms with Gasteiger partial charge >= 0.3 is 7.60 Å². The molecule has 4 aliphatic rings. The Balaban J connectivity index is 0.895. The fraction of sp³-hybridized carbons (Fsp3) is 0.439. The molecule has 1 unspecified atom stereocenters. The molecule has 6 atom stereocenters. The largest absolute Gasteiger partial charge is 0.396 e. The number of nitrogens with one attached hydrogen (secondary N) is 4. The smallest absolute Gasteiger partial charge is 0.370 e. The number of primary amides is 1. The first-order valence-electron chi connectivity index (χ1n) is 26.9. The van der Waals surface area contributed by atoms with Crippen LogP contribution in [0.25, 0.3) is 10.1 Å². The lowest BCUT2D eigenvalue weighted by Crippen LogP contribution is -2.57. The molecule has 80 heavy (non-hydrogen) atoms. The van der Waals surface area contributed by atoms with Crippen LogP contribution in [0.1, 0.15) is 144 Å². The van der Waals surface area contributed by atoms with Gasteiger partial charge in [0, 0.05) is 66.8 Å². The number of hydrogen-bond donors (Lipinski definition) is 7. The van der Waals surface area contributed by atoms with Gasteiger partial charge in [-0.15, -0.1) is 11.3 Å². The van der Waals surface area contributed by atoms with Gasteiger partial charge in [0.2, 0.25) is 41.4 Å². The number of fused-ring (bicyclic) bond motifs is 2. The Hall–Kier alpha value is -7.57. The fourth-order valence-corrected chi connectivity index (χ4v) is 12.3. The van der Waals surface area contributed by atoms with Gasteiger partial charge in [-0.05, 0) is 110 Å². The topological polar surface area (TPSA) is 312 Å². The molecule has 0 spiro atoms. The Morgan fingerprint density at radius 2 is 1.64 bits per heavy atom. The second kappa shape index (κ2) is 25.7. The summed E-state index contributed by atoms with van der Waals surface area (Å²) in [6.45, 7) is 4.97. The first kappa shape index (κ1) is 58.6. The molecule has 0 bridgehead atoms. The highest BCUT2D eigenvalue weighted by atomic mass is 32.1. The molecule has 0 radical (unpaired) electrons.